The molecule has 0 aliphatic heterocycles. The predicted molar refractivity (Wildman–Crippen MR) is 69.2 cm³/mol. The Balaban J connectivity index is 2.86. The average Bonchev–Trinajstić information content (AvgIpc) is 2.42. The van der Waals surface area contributed by atoms with E-state index in [0.29, 0.717) is 6.61 Å². The number of nitrogens with one attached hydrogen (secondary N) is 1. The SMILES string of the molecule is COCC(CNc1ccc([N+](=O)[O-])cc1C(F)F)OC. The molecule has 0 heterocycles. The lowest BCUT2D eigenvalue weighted by Gasteiger charge is -2.17. The van der Waals surface area contributed by atoms with Crippen molar-refractivity contribution in [1.82, 2.24) is 0 Å². The fourth-order valence-corrected chi connectivity index (χ4v) is 1.63. The maximum atomic E-state index is 12.9. The van der Waals surface area contributed by atoms with Crippen LogP contribution in [0.1, 0.15) is 12.0 Å². The molecule has 1 aromatic carbocycles. The summed E-state index contributed by atoms with van der Waals surface area (Å²) < 4.78 is 35.8. The van der Waals surface area contributed by atoms with Crippen LogP contribution in [-0.2, 0) is 9.47 Å². The lowest BCUT2D eigenvalue weighted by molar-refractivity contribution is -0.385. The number of hydrogen-bond acceptors (Lipinski definition) is 5. The number of benzene rings is 1. The molecular weight excluding hydrogens is 274 g/mol. The first-order valence-corrected chi connectivity index (χ1v) is 5.81. The van der Waals surface area contributed by atoms with Gasteiger partial charge in [0.15, 0.2) is 0 Å². The number of ether oxygens (including phenoxy) is 2. The highest BCUT2D eigenvalue weighted by Gasteiger charge is 2.18. The van der Waals surface area contributed by atoms with Gasteiger partial charge in [0.25, 0.3) is 12.1 Å². The van der Waals surface area contributed by atoms with Crippen molar-refractivity contribution in [2.75, 3.05) is 32.7 Å². The minimum Gasteiger partial charge on any atom is -0.382 e. The van der Waals surface area contributed by atoms with Crippen molar-refractivity contribution in [3.8, 4) is 0 Å². The van der Waals surface area contributed by atoms with Crippen molar-refractivity contribution in [2.24, 2.45) is 0 Å². The molecule has 1 unspecified atom stereocenters. The van der Waals surface area contributed by atoms with Crippen LogP contribution in [0.25, 0.3) is 0 Å². The Hall–Kier alpha value is -1.80. The Labute approximate surface area is 114 Å². The maximum Gasteiger partial charge on any atom is 0.270 e. The van der Waals surface area contributed by atoms with Crippen molar-refractivity contribution in [1.29, 1.82) is 0 Å². The van der Waals surface area contributed by atoms with E-state index in [-0.39, 0.29) is 24.0 Å². The topological polar surface area (TPSA) is 73.6 Å². The van der Waals surface area contributed by atoms with Crippen LogP contribution >= 0.6 is 0 Å². The van der Waals surface area contributed by atoms with Crippen LogP contribution in [0.15, 0.2) is 18.2 Å². The molecular formula is C12H16F2N2O4. The van der Waals surface area contributed by atoms with E-state index in [1.807, 2.05) is 0 Å². The van der Waals surface area contributed by atoms with Crippen LogP contribution in [0.3, 0.4) is 0 Å². The molecule has 0 radical (unpaired) electrons. The van der Waals surface area contributed by atoms with Gasteiger partial charge in [0.1, 0.15) is 0 Å². The second-order valence-corrected chi connectivity index (χ2v) is 4.02. The highest BCUT2D eigenvalue weighted by molar-refractivity contribution is 5.56. The number of methoxy groups -OCH3 is 2. The molecule has 0 aliphatic rings. The molecule has 0 fully saturated rings. The number of nitrogens with zero attached hydrogens (tertiary/aromatic N) is 1. The van der Waals surface area contributed by atoms with Crippen LogP contribution in [0.4, 0.5) is 20.2 Å². The molecule has 112 valence electrons. The second kappa shape index (κ2) is 7.71. The molecule has 0 aromatic heterocycles. The predicted octanol–water partition coefficient (Wildman–Crippen LogP) is 2.61. The van der Waals surface area contributed by atoms with Crippen LogP contribution < -0.4 is 5.32 Å². The fraction of sp³-hybridized carbons (Fsp3) is 0.500. The maximum absolute atomic E-state index is 12.9. The van der Waals surface area contributed by atoms with E-state index >= 15 is 0 Å². The first-order chi connectivity index (χ1) is 9.49. The van der Waals surface area contributed by atoms with Gasteiger partial charge in [-0.2, -0.15) is 0 Å². The fourth-order valence-electron chi connectivity index (χ4n) is 1.63. The Morgan fingerprint density at radius 1 is 1.40 bits per heavy atom. The summed E-state index contributed by atoms with van der Waals surface area (Å²) in [5.41, 5.74) is -0.638. The van der Waals surface area contributed by atoms with E-state index in [0.717, 1.165) is 6.07 Å². The van der Waals surface area contributed by atoms with Crippen molar-refractivity contribution in [3.63, 3.8) is 0 Å². The number of nitro benzene ring substituents is 1. The third kappa shape index (κ3) is 4.39. The Bertz CT molecular complexity index is 457. The molecule has 0 saturated heterocycles. The van der Waals surface area contributed by atoms with Gasteiger partial charge < -0.3 is 14.8 Å². The zero-order valence-electron chi connectivity index (χ0n) is 11.1. The standard InChI is InChI=1S/C12H16F2N2O4/c1-19-7-9(20-2)6-15-11-4-3-8(16(17)18)5-10(11)12(13)14/h3-5,9,12,15H,6-7H2,1-2H3. The van der Waals surface area contributed by atoms with Crippen LogP contribution in [-0.4, -0.2) is 38.4 Å². The van der Waals surface area contributed by atoms with Gasteiger partial charge in [0, 0.05) is 44.1 Å². The van der Waals surface area contributed by atoms with Gasteiger partial charge in [-0.25, -0.2) is 8.78 Å². The summed E-state index contributed by atoms with van der Waals surface area (Å²) in [7, 11) is 2.98. The van der Waals surface area contributed by atoms with E-state index in [9.17, 15) is 18.9 Å². The van der Waals surface area contributed by atoms with E-state index in [1.54, 1.807) is 0 Å². The molecule has 20 heavy (non-hydrogen) atoms. The van der Waals surface area contributed by atoms with Crippen molar-refractivity contribution >= 4 is 11.4 Å². The quantitative estimate of drug-likeness (QED) is 0.588. The van der Waals surface area contributed by atoms with Crippen molar-refractivity contribution in [2.45, 2.75) is 12.5 Å². The molecule has 1 N–H and O–H groups in total. The molecule has 6 nitrogen and oxygen atoms in total. The van der Waals surface area contributed by atoms with Crippen LogP contribution in [0.5, 0.6) is 0 Å². The van der Waals surface area contributed by atoms with Gasteiger partial charge in [0.2, 0.25) is 0 Å². The zero-order valence-corrected chi connectivity index (χ0v) is 11.1. The summed E-state index contributed by atoms with van der Waals surface area (Å²) in [4.78, 5) is 9.88. The number of non-ortho nitro benzene ring substituents is 1. The molecule has 8 heteroatoms. The summed E-state index contributed by atoms with van der Waals surface area (Å²) in [5, 5.41) is 13.4. The number of halogens is 2. The smallest absolute Gasteiger partial charge is 0.270 e. The minimum absolute atomic E-state index is 0.142. The molecule has 0 aliphatic carbocycles. The molecule has 0 bridgehead atoms. The van der Waals surface area contributed by atoms with Gasteiger partial charge in [-0.1, -0.05) is 0 Å². The molecule has 1 rings (SSSR count). The van der Waals surface area contributed by atoms with Crippen molar-refractivity contribution < 1.29 is 23.2 Å². The van der Waals surface area contributed by atoms with Gasteiger partial charge >= 0.3 is 0 Å². The lowest BCUT2D eigenvalue weighted by Crippen LogP contribution is -2.26. The minimum atomic E-state index is -2.80. The van der Waals surface area contributed by atoms with Gasteiger partial charge in [0.05, 0.1) is 17.6 Å². The second-order valence-electron chi connectivity index (χ2n) is 4.02. The Morgan fingerprint density at radius 2 is 2.10 bits per heavy atom. The highest BCUT2D eigenvalue weighted by Crippen LogP contribution is 2.30. The normalized spacial score (nSPS) is 12.4. The summed E-state index contributed by atoms with van der Waals surface area (Å²) in [6, 6.07) is 3.30. The highest BCUT2D eigenvalue weighted by atomic mass is 19.3. The third-order valence-corrected chi connectivity index (χ3v) is 2.69. The number of anilines is 1. The summed E-state index contributed by atoms with van der Waals surface area (Å²) in [6.07, 6.45) is -3.11. The molecule has 0 saturated carbocycles. The number of hydrogen-bond donors (Lipinski definition) is 1. The third-order valence-electron chi connectivity index (χ3n) is 2.69. The number of rotatable bonds is 8. The summed E-state index contributed by atoms with van der Waals surface area (Å²) in [5.74, 6) is 0. The van der Waals surface area contributed by atoms with Crippen LogP contribution in [0.2, 0.25) is 0 Å². The number of nitro groups is 1. The van der Waals surface area contributed by atoms with Crippen molar-refractivity contribution in [3.05, 3.63) is 33.9 Å². The monoisotopic (exact) mass is 290 g/mol. The Kier molecular flexibility index (Phi) is 6.26. The van der Waals surface area contributed by atoms with Gasteiger partial charge in [-0.3, -0.25) is 10.1 Å². The van der Waals surface area contributed by atoms with E-state index in [1.165, 1.54) is 26.4 Å². The first kappa shape index (κ1) is 16.3. The van der Waals surface area contributed by atoms with Crippen LogP contribution in [0, 0.1) is 10.1 Å². The Morgan fingerprint density at radius 3 is 2.60 bits per heavy atom. The van der Waals surface area contributed by atoms with Gasteiger partial charge in [-0.05, 0) is 6.07 Å². The molecule has 1 aromatic rings. The number of alkyl halides is 2. The summed E-state index contributed by atoms with van der Waals surface area (Å²) >= 11 is 0. The van der Waals surface area contributed by atoms with E-state index < -0.39 is 16.9 Å². The first-order valence-electron chi connectivity index (χ1n) is 5.81. The zero-order chi connectivity index (χ0) is 15.1. The van der Waals surface area contributed by atoms with E-state index in [2.05, 4.69) is 5.32 Å². The average molecular weight is 290 g/mol. The largest absolute Gasteiger partial charge is 0.382 e. The molecule has 1 atom stereocenters. The molecule has 0 spiro atoms. The lowest BCUT2D eigenvalue weighted by atomic mass is 10.1. The van der Waals surface area contributed by atoms with E-state index in [4.69, 9.17) is 9.47 Å². The molecule has 0 amide bonds. The summed E-state index contributed by atoms with van der Waals surface area (Å²) in [6.45, 7) is 0.558. The van der Waals surface area contributed by atoms with Gasteiger partial charge in [-0.15, -0.1) is 0 Å².